The summed E-state index contributed by atoms with van der Waals surface area (Å²) in [6.07, 6.45) is 0. The van der Waals surface area contributed by atoms with E-state index >= 15 is 0 Å². The fraction of sp³-hybridized carbons (Fsp3) is 0.0154. The van der Waals surface area contributed by atoms with Gasteiger partial charge in [-0.05, 0) is 115 Å². The number of hydrogen-bond donors (Lipinski definition) is 0. The first kappa shape index (κ1) is 39.8. The van der Waals surface area contributed by atoms with Crippen LogP contribution in [0.4, 0.5) is 0 Å². The molecule has 0 spiro atoms. The Morgan fingerprint density at radius 3 is 1.51 bits per heavy atom. The molecule has 0 saturated carbocycles. The third-order valence-electron chi connectivity index (χ3n) is 13.8. The standard InChI is InChI=1S/C65H42N2S/c1-5-19-43(20-6-1)52-27-13-14-28-53(52)48-37-47(45-34-36-63-57(40-45)56-30-16-18-32-62(56)68-63)38-49(39-48)61-42-60(66-64(67-61)44-21-7-2-8-22-44)46-33-35-55-54-29-15-17-31-58(54)65(59(55)41-46,50-23-9-3-10-24-50)51-25-11-4-12-26-51/h1-42H. The van der Waals surface area contributed by atoms with Gasteiger partial charge >= 0.3 is 0 Å². The molecule has 0 aliphatic heterocycles. The average molecular weight is 883 g/mol. The van der Waals surface area contributed by atoms with Crippen LogP contribution in [0.5, 0.6) is 0 Å². The fourth-order valence-corrected chi connectivity index (χ4v) is 11.8. The highest BCUT2D eigenvalue weighted by molar-refractivity contribution is 7.25. The minimum Gasteiger partial charge on any atom is -0.228 e. The van der Waals surface area contributed by atoms with Gasteiger partial charge in [0.2, 0.25) is 0 Å². The molecule has 0 bridgehead atoms. The molecule has 0 fully saturated rings. The Labute approximate surface area is 400 Å². The molecule has 318 valence electrons. The van der Waals surface area contributed by atoms with Gasteiger partial charge in [0.15, 0.2) is 5.82 Å². The van der Waals surface area contributed by atoms with E-state index in [2.05, 4.69) is 249 Å². The molecule has 2 nitrogen and oxygen atoms in total. The van der Waals surface area contributed by atoms with Crippen molar-refractivity contribution in [2.24, 2.45) is 0 Å². The molecule has 1 aliphatic carbocycles. The van der Waals surface area contributed by atoms with Gasteiger partial charge in [0.05, 0.1) is 16.8 Å². The number of benzene rings is 10. The number of fused-ring (bicyclic) bond motifs is 6. The second-order valence-corrected chi connectivity index (χ2v) is 18.7. The monoisotopic (exact) mass is 882 g/mol. The number of nitrogens with zero attached hydrogens (tertiary/aromatic N) is 2. The highest BCUT2D eigenvalue weighted by atomic mass is 32.1. The van der Waals surface area contributed by atoms with Gasteiger partial charge in [-0.25, -0.2) is 9.97 Å². The molecule has 12 aromatic rings. The Morgan fingerprint density at radius 1 is 0.279 bits per heavy atom. The van der Waals surface area contributed by atoms with E-state index in [9.17, 15) is 0 Å². The highest BCUT2D eigenvalue weighted by Gasteiger charge is 2.46. The molecule has 68 heavy (non-hydrogen) atoms. The Morgan fingerprint density at radius 2 is 0.794 bits per heavy atom. The van der Waals surface area contributed by atoms with E-state index in [1.54, 1.807) is 0 Å². The summed E-state index contributed by atoms with van der Waals surface area (Å²) < 4.78 is 2.59. The zero-order valence-electron chi connectivity index (χ0n) is 37.1. The highest BCUT2D eigenvalue weighted by Crippen LogP contribution is 2.56. The van der Waals surface area contributed by atoms with E-state index < -0.39 is 5.41 Å². The molecule has 0 atom stereocenters. The fourth-order valence-electron chi connectivity index (χ4n) is 10.7. The molecule has 3 heteroatoms. The van der Waals surface area contributed by atoms with Gasteiger partial charge in [0.25, 0.3) is 0 Å². The molecule has 2 heterocycles. The molecule has 13 rings (SSSR count). The normalized spacial score (nSPS) is 12.5. The van der Waals surface area contributed by atoms with Crippen LogP contribution in [0.2, 0.25) is 0 Å². The van der Waals surface area contributed by atoms with Crippen LogP contribution in [-0.4, -0.2) is 9.97 Å². The van der Waals surface area contributed by atoms with Crippen molar-refractivity contribution in [1.29, 1.82) is 0 Å². The summed E-state index contributed by atoms with van der Waals surface area (Å²) in [6, 6.07) is 92.6. The van der Waals surface area contributed by atoms with Crippen LogP contribution < -0.4 is 0 Å². The summed E-state index contributed by atoms with van der Waals surface area (Å²) in [4.78, 5) is 10.9. The topological polar surface area (TPSA) is 25.8 Å². The summed E-state index contributed by atoms with van der Waals surface area (Å²) in [5.41, 5.74) is 18.6. The van der Waals surface area contributed by atoms with Crippen LogP contribution in [0.1, 0.15) is 22.3 Å². The summed E-state index contributed by atoms with van der Waals surface area (Å²) in [5, 5.41) is 2.56. The van der Waals surface area contributed by atoms with Gasteiger partial charge in [0, 0.05) is 36.9 Å². The largest absolute Gasteiger partial charge is 0.228 e. The van der Waals surface area contributed by atoms with Crippen molar-refractivity contribution >= 4 is 31.5 Å². The Bertz CT molecular complexity index is 3800. The van der Waals surface area contributed by atoms with Crippen molar-refractivity contribution in [2.75, 3.05) is 0 Å². The zero-order chi connectivity index (χ0) is 45.0. The third kappa shape index (κ3) is 6.62. The predicted octanol–water partition coefficient (Wildman–Crippen LogP) is 17.2. The van der Waals surface area contributed by atoms with Crippen LogP contribution in [0.15, 0.2) is 255 Å². The van der Waals surface area contributed by atoms with E-state index in [4.69, 9.17) is 9.97 Å². The second-order valence-electron chi connectivity index (χ2n) is 17.6. The number of rotatable bonds is 8. The first-order valence-electron chi connectivity index (χ1n) is 23.2. The van der Waals surface area contributed by atoms with E-state index in [1.165, 1.54) is 64.7 Å². The van der Waals surface area contributed by atoms with Crippen LogP contribution in [-0.2, 0) is 5.41 Å². The molecule has 0 unspecified atom stereocenters. The molecular formula is C65H42N2S. The molecule has 10 aromatic carbocycles. The molecule has 0 radical (unpaired) electrons. The second kappa shape index (κ2) is 16.4. The molecule has 0 N–H and O–H groups in total. The van der Waals surface area contributed by atoms with Crippen LogP contribution in [0, 0.1) is 0 Å². The Kier molecular flexibility index (Phi) is 9.62. The first-order valence-corrected chi connectivity index (χ1v) is 24.0. The smallest absolute Gasteiger partial charge is 0.160 e. The molecular weight excluding hydrogens is 841 g/mol. The lowest BCUT2D eigenvalue weighted by Gasteiger charge is -2.34. The van der Waals surface area contributed by atoms with Gasteiger partial charge < -0.3 is 0 Å². The number of hydrogen-bond acceptors (Lipinski definition) is 3. The van der Waals surface area contributed by atoms with Crippen LogP contribution in [0.3, 0.4) is 0 Å². The lowest BCUT2D eigenvalue weighted by molar-refractivity contribution is 0.768. The average Bonchev–Trinajstić information content (AvgIpc) is 3.95. The molecule has 2 aromatic heterocycles. The van der Waals surface area contributed by atoms with Gasteiger partial charge in [0.1, 0.15) is 0 Å². The SMILES string of the molecule is c1ccc(-c2nc(-c3cc(-c4ccc5sc6ccccc6c5c4)cc(-c4ccccc4-c4ccccc4)c3)cc(-c3ccc4c(c3)C(c3ccccc3)(c3ccccc3)c3ccccc3-4)n2)cc1. The molecule has 0 amide bonds. The van der Waals surface area contributed by atoms with Crippen molar-refractivity contribution < 1.29 is 0 Å². The number of aromatic nitrogens is 2. The summed E-state index contributed by atoms with van der Waals surface area (Å²) in [6.45, 7) is 0. The maximum atomic E-state index is 5.45. The quantitative estimate of drug-likeness (QED) is 0.152. The summed E-state index contributed by atoms with van der Waals surface area (Å²) in [7, 11) is 0. The molecule has 0 saturated heterocycles. The van der Waals surface area contributed by atoms with Crippen molar-refractivity contribution in [1.82, 2.24) is 9.97 Å². The van der Waals surface area contributed by atoms with Crippen LogP contribution in [0.25, 0.3) is 98.6 Å². The van der Waals surface area contributed by atoms with Gasteiger partial charge in [-0.2, -0.15) is 0 Å². The summed E-state index contributed by atoms with van der Waals surface area (Å²) in [5.74, 6) is 0.682. The third-order valence-corrected chi connectivity index (χ3v) is 14.9. The molecule has 1 aliphatic rings. The Balaban J connectivity index is 1.05. The van der Waals surface area contributed by atoms with Crippen LogP contribution >= 0.6 is 11.3 Å². The van der Waals surface area contributed by atoms with Gasteiger partial charge in [-0.1, -0.05) is 206 Å². The predicted molar refractivity (Wildman–Crippen MR) is 285 cm³/mol. The van der Waals surface area contributed by atoms with Crippen molar-refractivity contribution in [3.05, 3.63) is 277 Å². The number of thiophene rings is 1. The lowest BCUT2D eigenvalue weighted by Crippen LogP contribution is -2.28. The van der Waals surface area contributed by atoms with Gasteiger partial charge in [-0.15, -0.1) is 11.3 Å². The van der Waals surface area contributed by atoms with E-state index in [-0.39, 0.29) is 0 Å². The van der Waals surface area contributed by atoms with E-state index in [0.717, 1.165) is 50.3 Å². The minimum absolute atomic E-state index is 0.535. The van der Waals surface area contributed by atoms with Crippen molar-refractivity contribution in [3.8, 4) is 78.4 Å². The first-order chi connectivity index (χ1) is 33.7. The van der Waals surface area contributed by atoms with Gasteiger partial charge in [-0.3, -0.25) is 0 Å². The maximum absolute atomic E-state index is 5.45. The summed E-state index contributed by atoms with van der Waals surface area (Å²) >= 11 is 1.85. The maximum Gasteiger partial charge on any atom is 0.160 e. The minimum atomic E-state index is -0.535. The zero-order valence-corrected chi connectivity index (χ0v) is 37.9. The van der Waals surface area contributed by atoms with Crippen molar-refractivity contribution in [2.45, 2.75) is 5.41 Å². The van der Waals surface area contributed by atoms with Crippen molar-refractivity contribution in [3.63, 3.8) is 0 Å². The van der Waals surface area contributed by atoms with E-state index in [1.807, 2.05) is 17.4 Å². The van der Waals surface area contributed by atoms with E-state index in [0.29, 0.717) is 5.82 Å². The lowest BCUT2D eigenvalue weighted by atomic mass is 9.67. The Hall–Kier alpha value is -8.50.